The summed E-state index contributed by atoms with van der Waals surface area (Å²) in [6, 6.07) is 0. The summed E-state index contributed by atoms with van der Waals surface area (Å²) < 4.78 is 53.0. The van der Waals surface area contributed by atoms with E-state index < -0.39 is 85.5 Å². The first-order valence-electron chi connectivity index (χ1n) is 26.3. The van der Waals surface area contributed by atoms with Gasteiger partial charge in [0.05, 0.1) is 26.4 Å². The van der Waals surface area contributed by atoms with Crippen LogP contribution in [0.25, 0.3) is 0 Å². The molecule has 0 saturated heterocycles. The number of hydrogen-bond acceptors (Lipinski definition) is 13. The summed E-state index contributed by atoms with van der Waals surface area (Å²) in [4.78, 5) is 43.8. The molecule has 15 nitrogen and oxygen atoms in total. The Balaban J connectivity index is 3.89. The molecule has 0 aliphatic carbocycles. The molecule has 0 aromatic carbocycles. The zero-order chi connectivity index (χ0) is 51.7. The average molecular weight is 1030 g/mol. The van der Waals surface area contributed by atoms with E-state index in [2.05, 4.69) is 88.2 Å². The molecule has 0 fully saturated rings. The number of aliphatic hydroxyl groups is 3. The van der Waals surface area contributed by atoms with Crippen molar-refractivity contribution in [1.82, 2.24) is 0 Å². The lowest BCUT2D eigenvalue weighted by atomic mass is 10.0. The lowest BCUT2D eigenvalue weighted by Crippen LogP contribution is -2.25. The summed E-state index contributed by atoms with van der Waals surface area (Å²) in [6.45, 7) is 0.244. The first kappa shape index (κ1) is 67.5. The molecule has 0 aliphatic heterocycles. The largest absolute Gasteiger partial charge is 0.472 e. The van der Waals surface area contributed by atoms with Gasteiger partial charge < -0.3 is 34.6 Å². The Morgan fingerprint density at radius 3 is 1.06 bits per heavy atom. The molecular weight excluding hydrogens is 939 g/mol. The topological polar surface area (TPSA) is 225 Å². The number of carbonyl (C=O) groups is 2. The molecule has 0 amide bonds. The van der Waals surface area contributed by atoms with Gasteiger partial charge in [0.15, 0.2) is 0 Å². The molecular formula is C53H94O15P2. The molecule has 0 bridgehead atoms. The molecule has 0 radical (unpaired) electrons. The van der Waals surface area contributed by atoms with E-state index in [9.17, 15) is 43.8 Å². The average Bonchev–Trinajstić information content (AvgIpc) is 3.34. The lowest BCUT2D eigenvalue weighted by molar-refractivity contribution is -0.148. The van der Waals surface area contributed by atoms with Crippen molar-refractivity contribution in [1.29, 1.82) is 0 Å². The van der Waals surface area contributed by atoms with Crippen LogP contribution in [0, 0.1) is 0 Å². The van der Waals surface area contributed by atoms with E-state index in [1.165, 1.54) is 96.3 Å². The van der Waals surface area contributed by atoms with E-state index in [0.29, 0.717) is 19.3 Å². The van der Waals surface area contributed by atoms with Crippen molar-refractivity contribution < 1.29 is 71.4 Å². The highest BCUT2D eigenvalue weighted by molar-refractivity contribution is 7.47. The molecule has 70 heavy (non-hydrogen) atoms. The van der Waals surface area contributed by atoms with Crippen LogP contribution in [0.1, 0.15) is 194 Å². The van der Waals surface area contributed by atoms with Gasteiger partial charge in [-0.1, -0.05) is 177 Å². The van der Waals surface area contributed by atoms with Crippen molar-refractivity contribution in [3.8, 4) is 0 Å². The standard InChI is InChI=1S/C53H94O15P2/c1-3-5-7-9-11-13-15-17-19-21-22-23-24-26-28-30-32-34-36-38-40-42-53(58)64-44-50(55)46-66-70(61,62)68-48-51(56)47-67-69(59,60)65-45-49(54)43-63-52(57)41-39-37-35-33-31-29-27-25-20-18-16-14-12-10-8-6-4-2/h6,8,12,14,17-20,27,29,33,35,49-51,54-56H,3-5,7,9-11,13,15-16,21-26,28,30-32,34,36-48H2,1-2H3,(H,59,60)(H,61,62)/b8-6-,14-12-,19-17+,20-18-,29-27-,35-33-. The van der Waals surface area contributed by atoms with Crippen LogP contribution in [0.3, 0.4) is 0 Å². The van der Waals surface area contributed by atoms with Crippen molar-refractivity contribution in [2.45, 2.75) is 212 Å². The molecule has 0 spiro atoms. The molecule has 0 heterocycles. The monoisotopic (exact) mass is 1030 g/mol. The van der Waals surface area contributed by atoms with E-state index in [4.69, 9.17) is 14.0 Å². The molecule has 406 valence electrons. The maximum Gasteiger partial charge on any atom is 0.472 e. The fourth-order valence-corrected chi connectivity index (χ4v) is 8.19. The highest BCUT2D eigenvalue weighted by Crippen LogP contribution is 2.45. The molecule has 0 aromatic heterocycles. The molecule has 5 atom stereocenters. The van der Waals surface area contributed by atoms with Crippen LogP contribution in [0.5, 0.6) is 0 Å². The minimum absolute atomic E-state index is 0.115. The van der Waals surface area contributed by atoms with Crippen molar-refractivity contribution in [2.75, 3.05) is 39.6 Å². The van der Waals surface area contributed by atoms with Crippen molar-refractivity contribution in [3.63, 3.8) is 0 Å². The summed E-state index contributed by atoms with van der Waals surface area (Å²) >= 11 is 0. The van der Waals surface area contributed by atoms with Crippen LogP contribution in [-0.2, 0) is 46.3 Å². The number of esters is 2. The number of rotatable bonds is 50. The van der Waals surface area contributed by atoms with E-state index in [0.717, 1.165) is 51.4 Å². The number of aliphatic hydroxyl groups excluding tert-OH is 3. The molecule has 0 rings (SSSR count). The molecule has 5 N–H and O–H groups in total. The maximum absolute atomic E-state index is 12.2. The van der Waals surface area contributed by atoms with Crippen molar-refractivity contribution >= 4 is 27.6 Å². The number of allylic oxidation sites excluding steroid dienone is 12. The van der Waals surface area contributed by atoms with Crippen molar-refractivity contribution in [3.05, 3.63) is 72.9 Å². The normalized spacial score (nSPS) is 15.5. The number of unbranched alkanes of at least 4 members (excludes halogenated alkanes) is 18. The Bertz CT molecular complexity index is 1530. The van der Waals surface area contributed by atoms with Crippen LogP contribution in [0.2, 0.25) is 0 Å². The third-order valence-corrected chi connectivity index (χ3v) is 12.5. The minimum Gasteiger partial charge on any atom is -0.463 e. The second-order valence-electron chi connectivity index (χ2n) is 17.5. The van der Waals surface area contributed by atoms with Gasteiger partial charge in [0.1, 0.15) is 31.5 Å². The Hall–Kier alpha value is -2.52. The van der Waals surface area contributed by atoms with Gasteiger partial charge in [-0.25, -0.2) is 9.13 Å². The zero-order valence-electron chi connectivity index (χ0n) is 42.9. The molecule has 0 aromatic rings. The smallest absolute Gasteiger partial charge is 0.463 e. The highest BCUT2D eigenvalue weighted by Gasteiger charge is 2.28. The Labute approximate surface area is 422 Å². The van der Waals surface area contributed by atoms with Gasteiger partial charge in [-0.3, -0.25) is 27.7 Å². The number of ether oxygens (including phenoxy) is 2. The van der Waals surface area contributed by atoms with Crippen LogP contribution >= 0.6 is 15.6 Å². The van der Waals surface area contributed by atoms with E-state index in [1.54, 1.807) is 0 Å². The highest BCUT2D eigenvalue weighted by atomic mass is 31.2. The maximum atomic E-state index is 12.2. The van der Waals surface area contributed by atoms with Crippen LogP contribution in [-0.4, -0.2) is 95.0 Å². The SMILES string of the molecule is CC/C=C\C/C=C\C/C=C\C/C=C\C/C=C\CCCC(=O)OCC(O)COP(=O)(O)OCC(O)COP(=O)(O)OCC(O)COC(=O)CCCCCCCCCCCCC/C=C/CCCCCCCC. The van der Waals surface area contributed by atoms with E-state index in [-0.39, 0.29) is 12.8 Å². The van der Waals surface area contributed by atoms with Gasteiger partial charge in [-0.05, 0) is 77.0 Å². The third-order valence-electron chi connectivity index (χ3n) is 10.6. The third kappa shape index (κ3) is 50.4. The quantitative estimate of drug-likeness (QED) is 0.0165. The Morgan fingerprint density at radius 1 is 0.386 bits per heavy atom. The summed E-state index contributed by atoms with van der Waals surface area (Å²) in [7, 11) is -9.60. The number of hydrogen-bond donors (Lipinski definition) is 5. The Kier molecular flexibility index (Phi) is 47.0. The second kappa shape index (κ2) is 48.7. The number of phosphoric ester groups is 2. The molecule has 0 aliphatic rings. The van der Waals surface area contributed by atoms with Gasteiger partial charge >= 0.3 is 27.6 Å². The fraction of sp³-hybridized carbons (Fsp3) is 0.736. The summed E-state index contributed by atoms with van der Waals surface area (Å²) in [5, 5.41) is 30.1. The van der Waals surface area contributed by atoms with Crippen LogP contribution < -0.4 is 0 Å². The van der Waals surface area contributed by atoms with Gasteiger partial charge in [-0.2, -0.15) is 0 Å². The predicted octanol–water partition coefficient (Wildman–Crippen LogP) is 12.7. The Morgan fingerprint density at radius 2 is 0.671 bits per heavy atom. The molecule has 5 unspecified atom stereocenters. The van der Waals surface area contributed by atoms with Crippen molar-refractivity contribution in [2.24, 2.45) is 0 Å². The number of carbonyl (C=O) groups excluding carboxylic acids is 2. The van der Waals surface area contributed by atoms with E-state index >= 15 is 0 Å². The molecule has 0 saturated carbocycles. The minimum atomic E-state index is -4.80. The summed E-state index contributed by atoms with van der Waals surface area (Å²) in [5.74, 6) is -1.05. The van der Waals surface area contributed by atoms with Gasteiger partial charge in [-0.15, -0.1) is 0 Å². The van der Waals surface area contributed by atoms with Gasteiger partial charge in [0, 0.05) is 12.8 Å². The summed E-state index contributed by atoms with van der Waals surface area (Å²) in [6.07, 6.45) is 50.4. The first-order chi connectivity index (χ1) is 33.8. The zero-order valence-corrected chi connectivity index (χ0v) is 44.7. The van der Waals surface area contributed by atoms with Crippen LogP contribution in [0.15, 0.2) is 72.9 Å². The van der Waals surface area contributed by atoms with Crippen LogP contribution in [0.4, 0.5) is 0 Å². The predicted molar refractivity (Wildman–Crippen MR) is 279 cm³/mol. The fourth-order valence-electron chi connectivity index (χ4n) is 6.60. The van der Waals surface area contributed by atoms with Gasteiger partial charge in [0.2, 0.25) is 0 Å². The lowest BCUT2D eigenvalue weighted by Gasteiger charge is -2.19. The number of phosphoric acid groups is 2. The van der Waals surface area contributed by atoms with Gasteiger partial charge in [0.25, 0.3) is 0 Å². The van der Waals surface area contributed by atoms with E-state index in [1.807, 2.05) is 12.2 Å². The first-order valence-corrected chi connectivity index (χ1v) is 29.3. The summed E-state index contributed by atoms with van der Waals surface area (Å²) in [5.41, 5.74) is 0. The molecule has 17 heteroatoms. The second-order valence-corrected chi connectivity index (χ2v) is 20.4.